The lowest BCUT2D eigenvalue weighted by molar-refractivity contribution is -0.123. The van der Waals surface area contributed by atoms with E-state index in [9.17, 15) is 4.79 Å². The van der Waals surface area contributed by atoms with Gasteiger partial charge in [0.15, 0.2) is 6.10 Å². The zero-order valence-corrected chi connectivity index (χ0v) is 12.2. The van der Waals surface area contributed by atoms with Crippen molar-refractivity contribution in [2.75, 3.05) is 0 Å². The van der Waals surface area contributed by atoms with Gasteiger partial charge in [-0.3, -0.25) is 9.78 Å². The van der Waals surface area contributed by atoms with E-state index < -0.39 is 12.0 Å². The highest BCUT2D eigenvalue weighted by molar-refractivity contribution is 5.84. The van der Waals surface area contributed by atoms with Crippen LogP contribution in [-0.2, 0) is 4.79 Å². The SMILES string of the molecule is C[C@@H](Oc1ccc(-c2ccc3ncccc3c2)cc1)C(N)=O. The smallest absolute Gasteiger partial charge is 0.258 e. The zero-order chi connectivity index (χ0) is 15.5. The number of aromatic nitrogens is 1. The molecule has 4 nitrogen and oxygen atoms in total. The van der Waals surface area contributed by atoms with Crippen molar-refractivity contribution in [1.29, 1.82) is 0 Å². The van der Waals surface area contributed by atoms with Gasteiger partial charge in [-0.15, -0.1) is 0 Å². The second-order valence-corrected chi connectivity index (χ2v) is 5.10. The molecule has 4 heteroatoms. The van der Waals surface area contributed by atoms with E-state index in [1.54, 1.807) is 13.1 Å². The van der Waals surface area contributed by atoms with Crippen LogP contribution in [0.15, 0.2) is 60.8 Å². The quantitative estimate of drug-likeness (QED) is 0.803. The van der Waals surface area contributed by atoms with Crippen molar-refractivity contribution in [3.05, 3.63) is 60.8 Å². The van der Waals surface area contributed by atoms with Gasteiger partial charge in [-0.2, -0.15) is 0 Å². The van der Waals surface area contributed by atoms with Gasteiger partial charge in [-0.1, -0.05) is 24.3 Å². The van der Waals surface area contributed by atoms with E-state index in [2.05, 4.69) is 11.1 Å². The average Bonchev–Trinajstić information content (AvgIpc) is 2.55. The van der Waals surface area contributed by atoms with Crippen LogP contribution in [0.3, 0.4) is 0 Å². The second kappa shape index (κ2) is 5.85. The molecule has 1 amide bonds. The van der Waals surface area contributed by atoms with Gasteiger partial charge in [0.05, 0.1) is 5.52 Å². The number of primary amides is 1. The molecule has 22 heavy (non-hydrogen) atoms. The van der Waals surface area contributed by atoms with Crippen LogP contribution >= 0.6 is 0 Å². The molecule has 1 aromatic heterocycles. The summed E-state index contributed by atoms with van der Waals surface area (Å²) in [4.78, 5) is 15.3. The number of carbonyl (C=O) groups is 1. The van der Waals surface area contributed by atoms with E-state index in [0.29, 0.717) is 5.75 Å². The van der Waals surface area contributed by atoms with Gasteiger partial charge in [0, 0.05) is 11.6 Å². The molecule has 1 heterocycles. The molecule has 0 aliphatic carbocycles. The molecular weight excluding hydrogens is 276 g/mol. The van der Waals surface area contributed by atoms with Crippen molar-refractivity contribution < 1.29 is 9.53 Å². The molecule has 3 aromatic rings. The number of hydrogen-bond acceptors (Lipinski definition) is 3. The van der Waals surface area contributed by atoms with Gasteiger partial charge in [0.2, 0.25) is 0 Å². The Bertz CT molecular complexity index is 813. The highest BCUT2D eigenvalue weighted by Gasteiger charge is 2.10. The Balaban J connectivity index is 1.86. The lowest BCUT2D eigenvalue weighted by Crippen LogP contribution is -2.30. The van der Waals surface area contributed by atoms with Gasteiger partial charge in [0.25, 0.3) is 5.91 Å². The monoisotopic (exact) mass is 292 g/mol. The summed E-state index contributed by atoms with van der Waals surface area (Å²) in [6.45, 7) is 1.63. The predicted molar refractivity (Wildman–Crippen MR) is 86.5 cm³/mol. The van der Waals surface area contributed by atoms with Crippen molar-refractivity contribution in [3.8, 4) is 16.9 Å². The molecule has 0 saturated heterocycles. The first kappa shape index (κ1) is 14.1. The summed E-state index contributed by atoms with van der Waals surface area (Å²) in [7, 11) is 0. The number of benzene rings is 2. The Morgan fingerprint density at radius 1 is 1.09 bits per heavy atom. The molecule has 0 unspecified atom stereocenters. The summed E-state index contributed by atoms with van der Waals surface area (Å²) in [5.41, 5.74) is 8.34. The molecular formula is C18H16N2O2. The first-order valence-electron chi connectivity index (χ1n) is 7.05. The minimum atomic E-state index is -0.641. The summed E-state index contributed by atoms with van der Waals surface area (Å²) in [6.07, 6.45) is 1.14. The van der Waals surface area contributed by atoms with Gasteiger partial charge >= 0.3 is 0 Å². The Hall–Kier alpha value is -2.88. The van der Waals surface area contributed by atoms with E-state index >= 15 is 0 Å². The van der Waals surface area contributed by atoms with Gasteiger partial charge in [-0.25, -0.2) is 0 Å². The van der Waals surface area contributed by atoms with Crippen molar-refractivity contribution in [2.24, 2.45) is 5.73 Å². The van der Waals surface area contributed by atoms with Crippen molar-refractivity contribution in [3.63, 3.8) is 0 Å². The molecule has 0 fully saturated rings. The zero-order valence-electron chi connectivity index (χ0n) is 12.2. The number of carbonyl (C=O) groups excluding carboxylic acids is 1. The summed E-state index contributed by atoms with van der Waals surface area (Å²) < 4.78 is 5.45. The number of fused-ring (bicyclic) bond motifs is 1. The largest absolute Gasteiger partial charge is 0.481 e. The van der Waals surface area contributed by atoms with Crippen molar-refractivity contribution in [1.82, 2.24) is 4.98 Å². The van der Waals surface area contributed by atoms with E-state index in [0.717, 1.165) is 22.0 Å². The molecule has 0 spiro atoms. The minimum Gasteiger partial charge on any atom is -0.481 e. The fourth-order valence-electron chi connectivity index (χ4n) is 2.24. The Kier molecular flexibility index (Phi) is 3.74. The average molecular weight is 292 g/mol. The van der Waals surface area contributed by atoms with E-state index in [1.165, 1.54) is 0 Å². The lowest BCUT2D eigenvalue weighted by atomic mass is 10.0. The normalized spacial score (nSPS) is 12.0. The Labute approximate surface area is 128 Å². The molecule has 3 rings (SSSR count). The molecule has 0 saturated carbocycles. The molecule has 1 atom stereocenters. The molecule has 0 aliphatic rings. The number of amides is 1. The molecule has 2 aromatic carbocycles. The van der Waals surface area contributed by atoms with E-state index in [4.69, 9.17) is 10.5 Å². The Morgan fingerprint density at radius 2 is 1.82 bits per heavy atom. The number of rotatable bonds is 4. The van der Waals surface area contributed by atoms with Crippen molar-refractivity contribution in [2.45, 2.75) is 13.0 Å². The topological polar surface area (TPSA) is 65.2 Å². The maximum absolute atomic E-state index is 11.0. The number of hydrogen-bond donors (Lipinski definition) is 1. The summed E-state index contributed by atoms with van der Waals surface area (Å²) in [6, 6.07) is 17.7. The van der Waals surface area contributed by atoms with Crippen LogP contribution in [0.25, 0.3) is 22.0 Å². The number of pyridine rings is 1. The van der Waals surface area contributed by atoms with Gasteiger partial charge in [0.1, 0.15) is 5.75 Å². The molecule has 110 valence electrons. The van der Waals surface area contributed by atoms with Crippen LogP contribution in [-0.4, -0.2) is 17.0 Å². The highest BCUT2D eigenvalue weighted by Crippen LogP contribution is 2.25. The first-order chi connectivity index (χ1) is 10.6. The summed E-state index contributed by atoms with van der Waals surface area (Å²) in [5, 5.41) is 1.10. The fourth-order valence-corrected chi connectivity index (χ4v) is 2.24. The van der Waals surface area contributed by atoms with Crippen LogP contribution in [0.2, 0.25) is 0 Å². The van der Waals surface area contributed by atoms with Crippen LogP contribution in [0, 0.1) is 0 Å². The highest BCUT2D eigenvalue weighted by atomic mass is 16.5. The first-order valence-corrected chi connectivity index (χ1v) is 7.05. The third-order valence-electron chi connectivity index (χ3n) is 3.50. The minimum absolute atomic E-state index is 0.480. The van der Waals surface area contributed by atoms with Crippen LogP contribution in [0.4, 0.5) is 0 Å². The van der Waals surface area contributed by atoms with E-state index in [1.807, 2.05) is 48.5 Å². The summed E-state index contributed by atoms with van der Waals surface area (Å²) >= 11 is 0. The van der Waals surface area contributed by atoms with Crippen molar-refractivity contribution >= 4 is 16.8 Å². The van der Waals surface area contributed by atoms with Crippen LogP contribution in [0.5, 0.6) is 5.75 Å². The predicted octanol–water partition coefficient (Wildman–Crippen LogP) is 3.15. The Morgan fingerprint density at radius 3 is 2.55 bits per heavy atom. The van der Waals surface area contributed by atoms with Gasteiger partial charge in [-0.05, 0) is 48.4 Å². The van der Waals surface area contributed by atoms with Gasteiger partial charge < -0.3 is 10.5 Å². The molecule has 2 N–H and O–H groups in total. The van der Waals surface area contributed by atoms with E-state index in [-0.39, 0.29) is 0 Å². The third-order valence-corrected chi connectivity index (χ3v) is 3.50. The molecule has 0 bridgehead atoms. The molecule has 0 radical (unpaired) electrons. The summed E-state index contributed by atoms with van der Waals surface area (Å²) in [5.74, 6) is 0.142. The second-order valence-electron chi connectivity index (χ2n) is 5.10. The van der Waals surface area contributed by atoms with Crippen LogP contribution < -0.4 is 10.5 Å². The van der Waals surface area contributed by atoms with Crippen LogP contribution in [0.1, 0.15) is 6.92 Å². The maximum atomic E-state index is 11.0. The number of nitrogens with zero attached hydrogens (tertiary/aromatic N) is 1. The standard InChI is InChI=1S/C18H16N2O2/c1-12(18(19)21)22-16-7-4-13(5-8-16)14-6-9-17-15(11-14)3-2-10-20-17/h2-12H,1H3,(H2,19,21)/t12-/m1/s1. The fraction of sp³-hybridized carbons (Fsp3) is 0.111. The number of nitrogens with two attached hydrogens (primary N) is 1. The third kappa shape index (κ3) is 2.91. The maximum Gasteiger partial charge on any atom is 0.258 e. The number of ether oxygens (including phenoxy) is 1. The molecule has 0 aliphatic heterocycles. The lowest BCUT2D eigenvalue weighted by Gasteiger charge is -2.11.